The summed E-state index contributed by atoms with van der Waals surface area (Å²) in [5, 5.41) is 21.9. The van der Waals surface area contributed by atoms with Crippen LogP contribution in [0, 0.1) is 5.92 Å². The molecule has 0 atom stereocenters. The first kappa shape index (κ1) is 31.6. The highest BCUT2D eigenvalue weighted by molar-refractivity contribution is 5.46. The molecular weight excluding hydrogens is 418 g/mol. The van der Waals surface area contributed by atoms with Crippen LogP contribution in [0.15, 0.2) is 87.0 Å². The smallest absolute Gasteiger partial charge is 0.0540 e. The third-order valence-electron chi connectivity index (χ3n) is 6.13. The summed E-state index contributed by atoms with van der Waals surface area (Å²) in [5.74, 6) is 0.730. The van der Waals surface area contributed by atoms with Crippen molar-refractivity contribution in [2.24, 2.45) is 5.92 Å². The lowest BCUT2D eigenvalue weighted by Gasteiger charge is -2.25. The van der Waals surface area contributed by atoms with Gasteiger partial charge < -0.3 is 15.5 Å². The Labute approximate surface area is 209 Å². The molecule has 0 amide bonds. The van der Waals surface area contributed by atoms with E-state index in [-0.39, 0.29) is 12.2 Å². The second-order valence-corrected chi connectivity index (χ2v) is 8.69. The van der Waals surface area contributed by atoms with Gasteiger partial charge in [0.15, 0.2) is 0 Å². The number of hydrogen-bond acceptors (Lipinski definition) is 3. The maximum atomic E-state index is 9.58. The van der Waals surface area contributed by atoms with Crippen LogP contribution in [-0.4, -0.2) is 29.0 Å². The maximum absolute atomic E-state index is 9.58. The summed E-state index contributed by atoms with van der Waals surface area (Å²) < 4.78 is 0. The van der Waals surface area contributed by atoms with E-state index in [9.17, 15) is 5.11 Å². The first-order valence-electron chi connectivity index (χ1n) is 12.7. The highest BCUT2D eigenvalue weighted by Crippen LogP contribution is 2.27. The Morgan fingerprint density at radius 1 is 0.882 bits per heavy atom. The van der Waals surface area contributed by atoms with Gasteiger partial charge in [0.05, 0.1) is 12.2 Å². The molecule has 0 saturated heterocycles. The van der Waals surface area contributed by atoms with Gasteiger partial charge in [0.25, 0.3) is 0 Å². The van der Waals surface area contributed by atoms with Crippen molar-refractivity contribution in [1.82, 2.24) is 0 Å². The molecule has 1 aromatic rings. The normalized spacial score (nSPS) is 20.5. The fraction of sp³-hybridized carbons (Fsp3) is 0.484. The van der Waals surface area contributed by atoms with Gasteiger partial charge in [-0.25, -0.2) is 0 Å². The van der Waals surface area contributed by atoms with Crippen LogP contribution in [0.2, 0.25) is 0 Å². The standard InChI is InChI=1S/C21H29NO.C6H12O.2C2H4/c1-3-5-6-17(4-2)16-22-20-11-7-18(8-12-20)15-19-9-13-21(23)14-10-19;7-6-4-2-1-3-5-6;2*1-2/h3-8,11-12,19,21-23H,2,9-10,13-16H2,1H3;6-7H,1-5H2;2*1-2H2/b5-3-,17-6+;;;. The van der Waals surface area contributed by atoms with E-state index in [1.807, 2.05) is 25.2 Å². The second kappa shape index (κ2) is 21.2. The Morgan fingerprint density at radius 2 is 1.44 bits per heavy atom. The highest BCUT2D eigenvalue weighted by Gasteiger charge is 2.19. The van der Waals surface area contributed by atoms with E-state index in [0.29, 0.717) is 0 Å². The van der Waals surface area contributed by atoms with E-state index < -0.39 is 0 Å². The predicted molar refractivity (Wildman–Crippen MR) is 151 cm³/mol. The molecule has 0 unspecified atom stereocenters. The lowest BCUT2D eigenvalue weighted by molar-refractivity contribution is 0.109. The third-order valence-corrected chi connectivity index (χ3v) is 6.13. The van der Waals surface area contributed by atoms with Crippen LogP contribution in [0.3, 0.4) is 0 Å². The monoisotopic (exact) mass is 467 g/mol. The molecule has 2 aliphatic carbocycles. The van der Waals surface area contributed by atoms with Gasteiger partial charge in [-0.3, -0.25) is 0 Å². The minimum Gasteiger partial charge on any atom is -0.393 e. The molecule has 0 aromatic heterocycles. The van der Waals surface area contributed by atoms with Crippen LogP contribution in [-0.2, 0) is 6.42 Å². The van der Waals surface area contributed by atoms with Gasteiger partial charge in [-0.1, -0.05) is 62.3 Å². The van der Waals surface area contributed by atoms with Crippen molar-refractivity contribution in [3.8, 4) is 0 Å². The molecule has 2 saturated carbocycles. The van der Waals surface area contributed by atoms with Crippen molar-refractivity contribution in [2.45, 2.75) is 83.3 Å². The molecule has 3 N–H and O–H groups in total. The molecule has 0 radical (unpaired) electrons. The van der Waals surface area contributed by atoms with Crippen molar-refractivity contribution in [3.05, 3.63) is 92.6 Å². The number of anilines is 1. The number of aliphatic hydroxyl groups is 2. The lowest BCUT2D eigenvalue weighted by Crippen LogP contribution is -2.19. The number of aliphatic hydroxyl groups excluding tert-OH is 2. The van der Waals surface area contributed by atoms with Crippen LogP contribution in [0.25, 0.3) is 0 Å². The van der Waals surface area contributed by atoms with Gasteiger partial charge in [0.1, 0.15) is 0 Å². The van der Waals surface area contributed by atoms with Crippen molar-refractivity contribution in [3.63, 3.8) is 0 Å². The largest absolute Gasteiger partial charge is 0.393 e. The number of allylic oxidation sites excluding steroid dienone is 3. The fourth-order valence-electron chi connectivity index (χ4n) is 4.15. The molecule has 0 spiro atoms. The Balaban J connectivity index is 0.000000826. The summed E-state index contributed by atoms with van der Waals surface area (Å²) in [5.41, 5.74) is 3.71. The summed E-state index contributed by atoms with van der Waals surface area (Å²) in [6.07, 6.45) is 19.2. The molecule has 0 heterocycles. The molecular formula is C31H49NO2. The molecule has 3 rings (SSSR count). The Bertz CT molecular complexity index is 676. The highest BCUT2D eigenvalue weighted by atomic mass is 16.3. The van der Waals surface area contributed by atoms with E-state index in [1.165, 1.54) is 30.4 Å². The SMILES string of the molecule is C=C.C=C.C=C/C(=C\C=C/C)CNc1ccc(CC2CCC(O)CC2)cc1.OC1CCCCC1. The van der Waals surface area contributed by atoms with E-state index in [4.69, 9.17) is 5.11 Å². The number of hydrogen-bond donors (Lipinski definition) is 3. The van der Waals surface area contributed by atoms with Crippen molar-refractivity contribution in [2.75, 3.05) is 11.9 Å². The van der Waals surface area contributed by atoms with Crippen molar-refractivity contribution in [1.29, 1.82) is 0 Å². The summed E-state index contributed by atoms with van der Waals surface area (Å²) >= 11 is 0. The lowest BCUT2D eigenvalue weighted by atomic mass is 9.83. The van der Waals surface area contributed by atoms with Crippen LogP contribution >= 0.6 is 0 Å². The van der Waals surface area contributed by atoms with E-state index in [0.717, 1.165) is 63.1 Å². The molecule has 3 nitrogen and oxygen atoms in total. The fourth-order valence-corrected chi connectivity index (χ4v) is 4.15. The molecule has 3 heteroatoms. The average Bonchev–Trinajstić information content (AvgIpc) is 2.90. The van der Waals surface area contributed by atoms with Gasteiger partial charge >= 0.3 is 0 Å². The van der Waals surface area contributed by atoms with Gasteiger partial charge in [0, 0.05) is 12.2 Å². The maximum Gasteiger partial charge on any atom is 0.0540 e. The Hall–Kier alpha value is -2.36. The minimum atomic E-state index is -0.0625. The molecule has 2 aliphatic rings. The summed E-state index contributed by atoms with van der Waals surface area (Å²) in [7, 11) is 0. The van der Waals surface area contributed by atoms with Crippen LogP contribution in [0.4, 0.5) is 5.69 Å². The predicted octanol–water partition coefficient (Wildman–Crippen LogP) is 7.80. The van der Waals surface area contributed by atoms with E-state index in [1.54, 1.807) is 0 Å². The average molecular weight is 468 g/mol. The first-order valence-corrected chi connectivity index (χ1v) is 12.7. The molecule has 34 heavy (non-hydrogen) atoms. The first-order chi connectivity index (χ1) is 16.6. The molecule has 0 aliphatic heterocycles. The van der Waals surface area contributed by atoms with Gasteiger partial charge in [-0.05, 0) is 81.1 Å². The summed E-state index contributed by atoms with van der Waals surface area (Å²) in [6, 6.07) is 8.75. The topological polar surface area (TPSA) is 52.5 Å². The van der Waals surface area contributed by atoms with Gasteiger partial charge in [0.2, 0.25) is 0 Å². The molecule has 1 aromatic carbocycles. The molecule has 2 fully saturated rings. The van der Waals surface area contributed by atoms with Crippen LogP contribution in [0.1, 0.15) is 70.3 Å². The van der Waals surface area contributed by atoms with Crippen molar-refractivity contribution >= 4 is 5.69 Å². The molecule has 0 bridgehead atoms. The summed E-state index contributed by atoms with van der Waals surface area (Å²) in [6.45, 7) is 18.6. The Kier molecular flexibility index (Phi) is 19.7. The van der Waals surface area contributed by atoms with Gasteiger partial charge in [-0.15, -0.1) is 26.3 Å². The number of benzene rings is 1. The number of nitrogens with one attached hydrogen (secondary N) is 1. The third kappa shape index (κ3) is 14.7. The van der Waals surface area contributed by atoms with Crippen LogP contribution in [0.5, 0.6) is 0 Å². The second-order valence-electron chi connectivity index (χ2n) is 8.69. The van der Waals surface area contributed by atoms with Crippen molar-refractivity contribution < 1.29 is 10.2 Å². The zero-order chi connectivity index (χ0) is 25.6. The Morgan fingerprint density at radius 3 is 1.91 bits per heavy atom. The summed E-state index contributed by atoms with van der Waals surface area (Å²) in [4.78, 5) is 0. The van der Waals surface area contributed by atoms with Crippen LogP contribution < -0.4 is 5.32 Å². The zero-order valence-corrected chi connectivity index (χ0v) is 21.6. The van der Waals surface area contributed by atoms with E-state index in [2.05, 4.69) is 68.6 Å². The van der Waals surface area contributed by atoms with Gasteiger partial charge in [-0.2, -0.15) is 0 Å². The molecule has 190 valence electrons. The van der Waals surface area contributed by atoms with E-state index >= 15 is 0 Å². The zero-order valence-electron chi connectivity index (χ0n) is 21.6. The quantitative estimate of drug-likeness (QED) is 0.283. The number of rotatable bonds is 7. The minimum absolute atomic E-state index is 0.0359.